The number of amides is 1. The second kappa shape index (κ2) is 7.76. The average molecular weight is 344 g/mol. The van der Waals surface area contributed by atoms with Crippen LogP contribution in [0.25, 0.3) is 11.4 Å². The zero-order valence-corrected chi connectivity index (χ0v) is 14.6. The van der Waals surface area contributed by atoms with Crippen molar-refractivity contribution < 1.29 is 14.1 Å². The predicted octanol–water partition coefficient (Wildman–Crippen LogP) is 1.98. The number of nitrogens with two attached hydrogens (primary N) is 1. The van der Waals surface area contributed by atoms with E-state index in [9.17, 15) is 4.79 Å². The number of aryl methyl sites for hydroxylation is 1. The molecule has 0 saturated carbocycles. The molecule has 1 aromatic heterocycles. The first kappa shape index (κ1) is 17.6. The van der Waals surface area contributed by atoms with Crippen molar-refractivity contribution in [3.8, 4) is 11.4 Å². The van der Waals surface area contributed by atoms with Gasteiger partial charge < -0.3 is 20.3 Å². The van der Waals surface area contributed by atoms with Crippen LogP contribution in [0.5, 0.6) is 0 Å². The fourth-order valence-electron chi connectivity index (χ4n) is 2.86. The molecule has 3 N–H and O–H groups in total. The number of benzene rings is 1. The van der Waals surface area contributed by atoms with Gasteiger partial charge >= 0.3 is 0 Å². The fraction of sp³-hybridized carbons (Fsp3) is 0.500. The van der Waals surface area contributed by atoms with Crippen molar-refractivity contribution in [3.05, 3.63) is 35.7 Å². The Kier molecular flexibility index (Phi) is 5.45. The number of carbonyl (C=O) groups excluding carboxylic acids is 1. The van der Waals surface area contributed by atoms with Crippen molar-refractivity contribution in [1.82, 2.24) is 15.5 Å². The van der Waals surface area contributed by atoms with Crippen LogP contribution in [0.1, 0.15) is 44.2 Å². The first-order valence-corrected chi connectivity index (χ1v) is 8.69. The topological polar surface area (TPSA) is 103 Å². The molecule has 1 fully saturated rings. The number of carbonyl (C=O) groups is 1. The first-order chi connectivity index (χ1) is 12.1. The molecule has 1 unspecified atom stereocenters. The minimum atomic E-state index is -0.458. The van der Waals surface area contributed by atoms with Crippen molar-refractivity contribution in [2.75, 3.05) is 6.54 Å². The van der Waals surface area contributed by atoms with Crippen LogP contribution in [0.15, 0.2) is 28.8 Å². The lowest BCUT2D eigenvalue weighted by molar-refractivity contribution is -0.132. The van der Waals surface area contributed by atoms with E-state index in [0.29, 0.717) is 24.7 Å². The molecule has 7 nitrogen and oxygen atoms in total. The third kappa shape index (κ3) is 4.05. The van der Waals surface area contributed by atoms with Gasteiger partial charge in [-0.25, -0.2) is 0 Å². The number of aromatic nitrogens is 2. The van der Waals surface area contributed by atoms with Crippen molar-refractivity contribution in [1.29, 1.82) is 0 Å². The van der Waals surface area contributed by atoms with Gasteiger partial charge in [0.25, 0.3) is 0 Å². The summed E-state index contributed by atoms with van der Waals surface area (Å²) in [5.41, 5.74) is 7.71. The molecule has 25 heavy (non-hydrogen) atoms. The standard InChI is InChI=1S/C18H24N4O3/c1-3-12-4-6-13(7-5-12)16-21-18(25-22-16)11(2)20-17(23)15-9-8-14(10-19)24-15/h4-7,11,14-15H,3,8-10,19H2,1-2H3,(H,20,23)/t11?,14-,15+/m1/s1. The summed E-state index contributed by atoms with van der Waals surface area (Å²) in [7, 11) is 0. The van der Waals surface area contributed by atoms with Gasteiger partial charge in [-0.05, 0) is 31.7 Å². The molecule has 1 aliphatic rings. The Morgan fingerprint density at radius 3 is 2.76 bits per heavy atom. The molecule has 1 amide bonds. The van der Waals surface area contributed by atoms with Crippen LogP contribution in [-0.2, 0) is 16.0 Å². The smallest absolute Gasteiger partial charge is 0.249 e. The van der Waals surface area contributed by atoms with Crippen LogP contribution in [-0.4, -0.2) is 34.8 Å². The van der Waals surface area contributed by atoms with Gasteiger partial charge in [-0.3, -0.25) is 4.79 Å². The first-order valence-electron chi connectivity index (χ1n) is 8.69. The van der Waals surface area contributed by atoms with E-state index in [4.69, 9.17) is 15.0 Å². The number of ether oxygens (including phenoxy) is 1. The van der Waals surface area contributed by atoms with E-state index in [1.54, 1.807) is 0 Å². The Balaban J connectivity index is 1.62. The highest BCUT2D eigenvalue weighted by Crippen LogP contribution is 2.22. The maximum Gasteiger partial charge on any atom is 0.249 e. The zero-order chi connectivity index (χ0) is 17.8. The zero-order valence-electron chi connectivity index (χ0n) is 14.6. The van der Waals surface area contributed by atoms with Crippen LogP contribution in [0, 0.1) is 0 Å². The van der Waals surface area contributed by atoms with Crippen LogP contribution in [0.3, 0.4) is 0 Å². The highest BCUT2D eigenvalue weighted by molar-refractivity contribution is 5.81. The van der Waals surface area contributed by atoms with Crippen LogP contribution in [0.4, 0.5) is 0 Å². The Bertz CT molecular complexity index is 713. The highest BCUT2D eigenvalue weighted by atomic mass is 16.5. The maximum absolute atomic E-state index is 12.3. The average Bonchev–Trinajstić information content (AvgIpc) is 3.31. The summed E-state index contributed by atoms with van der Waals surface area (Å²) in [6, 6.07) is 7.64. The summed E-state index contributed by atoms with van der Waals surface area (Å²) in [5, 5.41) is 6.87. The molecule has 1 saturated heterocycles. The molecule has 2 aromatic rings. The Morgan fingerprint density at radius 2 is 2.12 bits per heavy atom. The molecule has 0 aliphatic carbocycles. The minimum Gasteiger partial charge on any atom is -0.364 e. The molecule has 0 radical (unpaired) electrons. The molecule has 2 heterocycles. The number of rotatable bonds is 6. The summed E-state index contributed by atoms with van der Waals surface area (Å²) < 4.78 is 10.9. The van der Waals surface area contributed by atoms with Gasteiger partial charge in [0.2, 0.25) is 17.6 Å². The van der Waals surface area contributed by atoms with Crippen molar-refractivity contribution >= 4 is 5.91 Å². The van der Waals surface area contributed by atoms with E-state index in [-0.39, 0.29) is 18.1 Å². The predicted molar refractivity (Wildman–Crippen MR) is 92.6 cm³/mol. The fourth-order valence-corrected chi connectivity index (χ4v) is 2.86. The van der Waals surface area contributed by atoms with E-state index in [2.05, 4.69) is 22.4 Å². The molecule has 3 rings (SSSR count). The van der Waals surface area contributed by atoms with Crippen molar-refractivity contribution in [2.45, 2.75) is 51.4 Å². The molecule has 1 aliphatic heterocycles. The monoisotopic (exact) mass is 344 g/mol. The van der Waals surface area contributed by atoms with E-state index in [1.807, 2.05) is 31.2 Å². The van der Waals surface area contributed by atoms with Gasteiger partial charge in [0, 0.05) is 12.1 Å². The van der Waals surface area contributed by atoms with E-state index < -0.39 is 6.10 Å². The summed E-state index contributed by atoms with van der Waals surface area (Å²) in [6.07, 6.45) is 1.97. The normalized spacial score (nSPS) is 21.2. The van der Waals surface area contributed by atoms with Gasteiger partial charge in [0.1, 0.15) is 12.1 Å². The summed E-state index contributed by atoms with van der Waals surface area (Å²) in [5.74, 6) is 0.714. The number of hydrogen-bond donors (Lipinski definition) is 2. The molecule has 1 aromatic carbocycles. The van der Waals surface area contributed by atoms with E-state index >= 15 is 0 Å². The largest absolute Gasteiger partial charge is 0.364 e. The second-order valence-electron chi connectivity index (χ2n) is 6.30. The van der Waals surface area contributed by atoms with Crippen molar-refractivity contribution in [3.63, 3.8) is 0 Å². The Labute approximate surface area is 146 Å². The van der Waals surface area contributed by atoms with Gasteiger partial charge in [0.05, 0.1) is 6.10 Å². The Hall–Kier alpha value is -2.25. The van der Waals surface area contributed by atoms with E-state index in [1.165, 1.54) is 5.56 Å². The highest BCUT2D eigenvalue weighted by Gasteiger charge is 2.31. The Morgan fingerprint density at radius 1 is 1.36 bits per heavy atom. The third-order valence-corrected chi connectivity index (χ3v) is 4.45. The summed E-state index contributed by atoms with van der Waals surface area (Å²) in [4.78, 5) is 16.7. The lowest BCUT2D eigenvalue weighted by Gasteiger charge is -2.15. The molecular formula is C18H24N4O3. The van der Waals surface area contributed by atoms with Crippen LogP contribution >= 0.6 is 0 Å². The molecule has 134 valence electrons. The lowest BCUT2D eigenvalue weighted by Crippen LogP contribution is -2.37. The molecule has 7 heteroatoms. The quantitative estimate of drug-likeness (QED) is 0.830. The third-order valence-electron chi connectivity index (χ3n) is 4.45. The molecule has 0 bridgehead atoms. The molecule has 3 atom stereocenters. The van der Waals surface area contributed by atoms with Gasteiger partial charge in [-0.1, -0.05) is 36.3 Å². The number of nitrogens with zero attached hydrogens (tertiary/aromatic N) is 2. The number of nitrogens with one attached hydrogen (secondary N) is 1. The van der Waals surface area contributed by atoms with Gasteiger partial charge in [-0.15, -0.1) is 0 Å². The van der Waals surface area contributed by atoms with Crippen LogP contribution < -0.4 is 11.1 Å². The lowest BCUT2D eigenvalue weighted by atomic mass is 10.1. The SMILES string of the molecule is CCc1ccc(-c2noc(C(C)NC(=O)[C@@H]3CC[C@H](CN)O3)n2)cc1. The molecular weight excluding hydrogens is 320 g/mol. The summed E-state index contributed by atoms with van der Waals surface area (Å²) in [6.45, 7) is 4.35. The molecule has 0 spiro atoms. The second-order valence-corrected chi connectivity index (χ2v) is 6.30. The van der Waals surface area contributed by atoms with Crippen molar-refractivity contribution in [2.24, 2.45) is 5.73 Å². The number of hydrogen-bond acceptors (Lipinski definition) is 6. The maximum atomic E-state index is 12.3. The van der Waals surface area contributed by atoms with Gasteiger partial charge in [-0.2, -0.15) is 4.98 Å². The van der Waals surface area contributed by atoms with E-state index in [0.717, 1.165) is 18.4 Å². The summed E-state index contributed by atoms with van der Waals surface area (Å²) >= 11 is 0. The minimum absolute atomic E-state index is 0.0350. The van der Waals surface area contributed by atoms with Crippen LogP contribution in [0.2, 0.25) is 0 Å². The van der Waals surface area contributed by atoms with Gasteiger partial charge in [0.15, 0.2) is 0 Å².